The number of likely N-dealkylation sites (tertiary alicyclic amines) is 2. The molecule has 2 aliphatic heterocycles. The molecule has 1 aromatic rings. The molecule has 27 heavy (non-hydrogen) atoms. The Morgan fingerprint density at radius 1 is 1.04 bits per heavy atom. The third-order valence-corrected chi connectivity index (χ3v) is 5.77. The second-order valence-corrected chi connectivity index (χ2v) is 7.99. The average molecular weight is 393 g/mol. The summed E-state index contributed by atoms with van der Waals surface area (Å²) in [5, 5.41) is 0.583. The van der Waals surface area contributed by atoms with Crippen LogP contribution in [0.2, 0.25) is 5.02 Å². The topological polar surface area (TPSA) is 49.9 Å². The van der Waals surface area contributed by atoms with Crippen molar-refractivity contribution < 1.29 is 14.3 Å². The fourth-order valence-corrected chi connectivity index (χ4v) is 4.13. The average Bonchev–Trinajstić information content (AvgIpc) is 2.96. The molecule has 6 heteroatoms. The van der Waals surface area contributed by atoms with Crippen LogP contribution in [0.4, 0.5) is 0 Å². The van der Waals surface area contributed by atoms with E-state index in [1.165, 1.54) is 12.8 Å². The van der Waals surface area contributed by atoms with Gasteiger partial charge in [-0.15, -0.1) is 0 Å². The summed E-state index contributed by atoms with van der Waals surface area (Å²) in [5.74, 6) is 0.897. The molecule has 0 radical (unpaired) electrons. The molecule has 1 unspecified atom stereocenters. The maximum Gasteiger partial charge on any atom is 0.263 e. The Balaban J connectivity index is 1.49. The van der Waals surface area contributed by atoms with Crippen molar-refractivity contribution in [2.24, 2.45) is 5.92 Å². The molecule has 0 aromatic heterocycles. The van der Waals surface area contributed by atoms with Crippen molar-refractivity contribution in [3.05, 3.63) is 29.3 Å². The summed E-state index contributed by atoms with van der Waals surface area (Å²) in [6.07, 6.45) is 5.59. The quantitative estimate of drug-likeness (QED) is 0.784. The fraction of sp³-hybridized carbons (Fsp3) is 0.619. The van der Waals surface area contributed by atoms with E-state index in [1.807, 2.05) is 9.80 Å². The van der Waals surface area contributed by atoms with Gasteiger partial charge in [-0.1, -0.05) is 30.5 Å². The van der Waals surface area contributed by atoms with E-state index in [9.17, 15) is 9.59 Å². The SMILES string of the molecule is CC(Oc1cccc(Cl)c1)C(=O)N1CCC(C(=O)N2CCCCCC2)CC1. The Kier molecular flexibility index (Phi) is 7.00. The predicted octanol–water partition coefficient (Wildman–Crippen LogP) is 3.75. The lowest BCUT2D eigenvalue weighted by molar-refractivity contribution is -0.143. The summed E-state index contributed by atoms with van der Waals surface area (Å²) < 4.78 is 5.74. The van der Waals surface area contributed by atoms with Gasteiger partial charge in [0.1, 0.15) is 5.75 Å². The zero-order valence-electron chi connectivity index (χ0n) is 16.0. The molecule has 0 spiro atoms. The van der Waals surface area contributed by atoms with Crippen LogP contribution in [-0.2, 0) is 9.59 Å². The van der Waals surface area contributed by atoms with E-state index in [-0.39, 0.29) is 17.7 Å². The Morgan fingerprint density at radius 3 is 2.33 bits per heavy atom. The van der Waals surface area contributed by atoms with Gasteiger partial charge in [0.25, 0.3) is 5.91 Å². The fourth-order valence-electron chi connectivity index (χ4n) is 3.95. The second-order valence-electron chi connectivity index (χ2n) is 7.56. The molecule has 5 nitrogen and oxygen atoms in total. The van der Waals surface area contributed by atoms with Gasteiger partial charge >= 0.3 is 0 Å². The molecule has 2 heterocycles. The Bertz CT molecular complexity index is 651. The number of carbonyl (C=O) groups is 2. The highest BCUT2D eigenvalue weighted by molar-refractivity contribution is 6.30. The number of ether oxygens (including phenoxy) is 1. The molecular formula is C21H29ClN2O3. The van der Waals surface area contributed by atoms with Crippen LogP contribution in [0.1, 0.15) is 45.4 Å². The summed E-state index contributed by atoms with van der Waals surface area (Å²) in [4.78, 5) is 29.3. The van der Waals surface area contributed by atoms with E-state index in [0.29, 0.717) is 23.9 Å². The molecule has 3 rings (SSSR count). The van der Waals surface area contributed by atoms with Crippen LogP contribution < -0.4 is 4.74 Å². The van der Waals surface area contributed by atoms with Crippen LogP contribution in [0.15, 0.2) is 24.3 Å². The first-order valence-electron chi connectivity index (χ1n) is 10.0. The van der Waals surface area contributed by atoms with Gasteiger partial charge in [-0.25, -0.2) is 0 Å². The molecule has 0 saturated carbocycles. The molecule has 2 saturated heterocycles. The van der Waals surface area contributed by atoms with Crippen LogP contribution in [0, 0.1) is 5.92 Å². The summed E-state index contributed by atoms with van der Waals surface area (Å²) >= 11 is 5.97. The molecular weight excluding hydrogens is 364 g/mol. The van der Waals surface area contributed by atoms with E-state index >= 15 is 0 Å². The first kappa shape index (κ1) is 20.0. The maximum atomic E-state index is 12.8. The predicted molar refractivity (Wildman–Crippen MR) is 106 cm³/mol. The minimum absolute atomic E-state index is 0.0318. The van der Waals surface area contributed by atoms with E-state index in [1.54, 1.807) is 31.2 Å². The van der Waals surface area contributed by atoms with Crippen molar-refractivity contribution in [1.29, 1.82) is 0 Å². The van der Waals surface area contributed by atoms with Gasteiger partial charge in [-0.05, 0) is 50.8 Å². The molecule has 1 atom stereocenters. The molecule has 148 valence electrons. The molecule has 2 amide bonds. The second kappa shape index (κ2) is 9.45. The van der Waals surface area contributed by atoms with Gasteiger partial charge in [0.2, 0.25) is 5.91 Å². The normalized spacial score (nSPS) is 20.1. The highest BCUT2D eigenvalue weighted by Gasteiger charge is 2.32. The summed E-state index contributed by atoms with van der Waals surface area (Å²) in [6, 6.07) is 7.07. The van der Waals surface area contributed by atoms with E-state index in [4.69, 9.17) is 16.3 Å². The van der Waals surface area contributed by atoms with Gasteiger partial charge in [-0.2, -0.15) is 0 Å². The molecule has 1 aromatic carbocycles. The minimum Gasteiger partial charge on any atom is -0.481 e. The smallest absolute Gasteiger partial charge is 0.263 e. The van der Waals surface area contributed by atoms with Crippen LogP contribution in [0.25, 0.3) is 0 Å². The van der Waals surface area contributed by atoms with Crippen LogP contribution in [-0.4, -0.2) is 53.9 Å². The molecule has 0 aliphatic carbocycles. The molecule has 2 aliphatic rings. The van der Waals surface area contributed by atoms with Crippen LogP contribution in [0.5, 0.6) is 5.75 Å². The number of nitrogens with zero attached hydrogens (tertiary/aromatic N) is 2. The zero-order valence-corrected chi connectivity index (χ0v) is 16.8. The maximum absolute atomic E-state index is 12.8. The Morgan fingerprint density at radius 2 is 1.70 bits per heavy atom. The summed E-state index contributed by atoms with van der Waals surface area (Å²) in [5.41, 5.74) is 0. The first-order valence-corrected chi connectivity index (χ1v) is 10.4. The van der Waals surface area contributed by atoms with Crippen molar-refractivity contribution in [2.75, 3.05) is 26.2 Å². The number of piperidine rings is 1. The van der Waals surface area contributed by atoms with Crippen molar-refractivity contribution >= 4 is 23.4 Å². The van der Waals surface area contributed by atoms with Crippen LogP contribution >= 0.6 is 11.6 Å². The third-order valence-electron chi connectivity index (χ3n) is 5.53. The van der Waals surface area contributed by atoms with Crippen molar-refractivity contribution in [3.63, 3.8) is 0 Å². The van der Waals surface area contributed by atoms with E-state index in [0.717, 1.165) is 38.8 Å². The number of benzene rings is 1. The Labute approximate surface area is 166 Å². The summed E-state index contributed by atoms with van der Waals surface area (Å²) in [7, 11) is 0. The van der Waals surface area contributed by atoms with E-state index in [2.05, 4.69) is 0 Å². The lowest BCUT2D eigenvalue weighted by Gasteiger charge is -2.35. The number of hydrogen-bond acceptors (Lipinski definition) is 3. The largest absolute Gasteiger partial charge is 0.481 e. The number of rotatable bonds is 4. The third kappa shape index (κ3) is 5.38. The standard InChI is InChI=1S/C21H29ClN2O3/c1-16(27-19-8-6-7-18(22)15-19)20(25)24-13-9-17(10-14-24)21(26)23-11-4-2-3-5-12-23/h6-8,15-17H,2-5,9-14H2,1H3. The van der Waals surface area contributed by atoms with Gasteiger partial charge < -0.3 is 14.5 Å². The number of halogens is 1. The first-order chi connectivity index (χ1) is 13.0. The Hall–Kier alpha value is -1.75. The highest BCUT2D eigenvalue weighted by atomic mass is 35.5. The molecule has 0 bridgehead atoms. The van der Waals surface area contributed by atoms with Gasteiger partial charge in [0, 0.05) is 37.1 Å². The monoisotopic (exact) mass is 392 g/mol. The minimum atomic E-state index is -0.568. The molecule has 2 fully saturated rings. The van der Waals surface area contributed by atoms with Gasteiger partial charge in [0.05, 0.1) is 0 Å². The molecule has 0 N–H and O–H groups in total. The van der Waals surface area contributed by atoms with Gasteiger partial charge in [-0.3, -0.25) is 9.59 Å². The van der Waals surface area contributed by atoms with Gasteiger partial charge in [0.15, 0.2) is 6.10 Å². The zero-order chi connectivity index (χ0) is 19.2. The lowest BCUT2D eigenvalue weighted by atomic mass is 9.95. The van der Waals surface area contributed by atoms with Crippen molar-refractivity contribution in [3.8, 4) is 5.75 Å². The van der Waals surface area contributed by atoms with Crippen molar-refractivity contribution in [1.82, 2.24) is 9.80 Å². The number of amides is 2. The summed E-state index contributed by atoms with van der Waals surface area (Å²) in [6.45, 7) is 4.78. The number of carbonyl (C=O) groups excluding carboxylic acids is 2. The van der Waals surface area contributed by atoms with Crippen molar-refractivity contribution in [2.45, 2.75) is 51.6 Å². The van der Waals surface area contributed by atoms with E-state index < -0.39 is 6.10 Å². The highest BCUT2D eigenvalue weighted by Crippen LogP contribution is 2.23. The number of hydrogen-bond donors (Lipinski definition) is 0. The van der Waals surface area contributed by atoms with Crippen LogP contribution in [0.3, 0.4) is 0 Å². The lowest BCUT2D eigenvalue weighted by Crippen LogP contribution is -2.47.